The Balaban J connectivity index is 1.64. The van der Waals surface area contributed by atoms with Crippen molar-refractivity contribution in [3.63, 3.8) is 0 Å². The molecule has 0 saturated carbocycles. The second kappa shape index (κ2) is 9.34. The van der Waals surface area contributed by atoms with Crippen molar-refractivity contribution in [1.29, 1.82) is 0 Å². The number of halogens is 3. The van der Waals surface area contributed by atoms with Gasteiger partial charge in [0.05, 0.1) is 17.2 Å². The van der Waals surface area contributed by atoms with E-state index >= 15 is 0 Å². The Labute approximate surface area is 199 Å². The van der Waals surface area contributed by atoms with Gasteiger partial charge in [0.2, 0.25) is 0 Å². The number of aliphatic hydroxyl groups is 1. The van der Waals surface area contributed by atoms with Crippen LogP contribution in [-0.2, 0) is 0 Å². The Morgan fingerprint density at radius 3 is 2.29 bits per heavy atom. The lowest BCUT2D eigenvalue weighted by Gasteiger charge is -2.30. The van der Waals surface area contributed by atoms with Gasteiger partial charge in [-0.3, -0.25) is 9.78 Å². The summed E-state index contributed by atoms with van der Waals surface area (Å²) in [5.41, 5.74) is 1.33. The van der Waals surface area contributed by atoms with Crippen LogP contribution in [0.5, 0.6) is 5.75 Å². The molecule has 0 bridgehead atoms. The van der Waals surface area contributed by atoms with Crippen LogP contribution < -0.4 is 10.1 Å². The average Bonchev–Trinajstić information content (AvgIpc) is 2.81. The molecule has 1 amide bonds. The predicted molar refractivity (Wildman–Crippen MR) is 125 cm³/mol. The smallest absolute Gasteiger partial charge is 0.406 e. The van der Waals surface area contributed by atoms with Crippen LogP contribution in [-0.4, -0.2) is 32.9 Å². The zero-order valence-electron chi connectivity index (χ0n) is 18.9. The van der Waals surface area contributed by atoms with E-state index in [2.05, 4.69) is 20.0 Å². The molecule has 0 fully saturated rings. The summed E-state index contributed by atoms with van der Waals surface area (Å²) in [5, 5.41) is 14.2. The summed E-state index contributed by atoms with van der Waals surface area (Å²) in [7, 11) is 0. The van der Waals surface area contributed by atoms with Crippen LogP contribution in [0.2, 0.25) is 0 Å². The molecular formula is C26H22F3N3O3. The number of carbonyl (C=O) groups excluding carboxylic acids is 1. The van der Waals surface area contributed by atoms with Gasteiger partial charge in [0, 0.05) is 23.3 Å². The van der Waals surface area contributed by atoms with Gasteiger partial charge in [0.1, 0.15) is 11.4 Å². The Bertz CT molecular complexity index is 1340. The molecule has 0 aliphatic heterocycles. The minimum absolute atomic E-state index is 0.118. The van der Waals surface area contributed by atoms with E-state index < -0.39 is 29.7 Å². The van der Waals surface area contributed by atoms with Gasteiger partial charge >= 0.3 is 6.36 Å². The molecule has 9 heteroatoms. The van der Waals surface area contributed by atoms with Gasteiger partial charge in [-0.05, 0) is 49.2 Å². The van der Waals surface area contributed by atoms with E-state index in [1.54, 1.807) is 24.5 Å². The number of hydrogen-bond acceptors (Lipinski definition) is 5. The second-order valence-electron chi connectivity index (χ2n) is 8.50. The summed E-state index contributed by atoms with van der Waals surface area (Å²) < 4.78 is 41.3. The summed E-state index contributed by atoms with van der Waals surface area (Å²) in [4.78, 5) is 22.0. The summed E-state index contributed by atoms with van der Waals surface area (Å²) in [5.74, 6) is -0.953. The van der Waals surface area contributed by atoms with Crippen molar-refractivity contribution in [3.8, 4) is 16.9 Å². The van der Waals surface area contributed by atoms with Crippen LogP contribution in [0.4, 0.5) is 13.2 Å². The first-order chi connectivity index (χ1) is 16.5. The largest absolute Gasteiger partial charge is 0.573 e. The molecule has 2 aromatic carbocycles. The Kier molecular flexibility index (Phi) is 6.45. The average molecular weight is 481 g/mol. The summed E-state index contributed by atoms with van der Waals surface area (Å²) in [6, 6.07) is 16.8. The first kappa shape index (κ1) is 24.2. The number of nitrogens with one attached hydrogen (secondary N) is 1. The lowest BCUT2D eigenvalue weighted by molar-refractivity contribution is -0.274. The van der Waals surface area contributed by atoms with Gasteiger partial charge < -0.3 is 15.2 Å². The van der Waals surface area contributed by atoms with E-state index in [9.17, 15) is 23.1 Å². The standard InChI is InChI=1S/C26H22F3N3O3/c1-25(2,34)23(17-8-11-19(12-9-17)35-26(27,28)29)32-24(33)21-13-10-18-14-30-15-20(22(18)31-21)16-6-4-3-5-7-16/h3-15,23,34H,1-2H3,(H,32,33)/t23-/m0/s1. The number of nitrogens with zero attached hydrogens (tertiary/aromatic N) is 2. The number of benzene rings is 2. The topological polar surface area (TPSA) is 84.3 Å². The van der Waals surface area contributed by atoms with Gasteiger partial charge in [-0.15, -0.1) is 13.2 Å². The van der Waals surface area contributed by atoms with Crippen molar-refractivity contribution < 1.29 is 27.8 Å². The molecule has 2 aromatic heterocycles. The third-order valence-corrected chi connectivity index (χ3v) is 5.35. The van der Waals surface area contributed by atoms with Crippen molar-refractivity contribution in [1.82, 2.24) is 15.3 Å². The monoisotopic (exact) mass is 481 g/mol. The molecule has 4 rings (SSSR count). The van der Waals surface area contributed by atoms with Crippen LogP contribution in [0, 0.1) is 0 Å². The number of alkyl halides is 3. The van der Waals surface area contributed by atoms with E-state index in [0.717, 1.165) is 28.6 Å². The highest BCUT2D eigenvalue weighted by atomic mass is 19.4. The van der Waals surface area contributed by atoms with Crippen LogP contribution in [0.15, 0.2) is 79.1 Å². The van der Waals surface area contributed by atoms with E-state index in [0.29, 0.717) is 11.1 Å². The van der Waals surface area contributed by atoms with Gasteiger partial charge in [-0.1, -0.05) is 42.5 Å². The van der Waals surface area contributed by atoms with E-state index in [1.165, 1.54) is 26.0 Å². The fourth-order valence-electron chi connectivity index (χ4n) is 3.73. The molecule has 2 heterocycles. The predicted octanol–water partition coefficient (Wildman–Crippen LogP) is 5.44. The third-order valence-electron chi connectivity index (χ3n) is 5.35. The normalized spacial score (nSPS) is 12.9. The molecule has 35 heavy (non-hydrogen) atoms. The van der Waals surface area contributed by atoms with Crippen molar-refractivity contribution >= 4 is 16.8 Å². The van der Waals surface area contributed by atoms with Crippen LogP contribution in [0.3, 0.4) is 0 Å². The van der Waals surface area contributed by atoms with E-state index in [-0.39, 0.29) is 5.69 Å². The van der Waals surface area contributed by atoms with Crippen LogP contribution >= 0.6 is 0 Å². The number of rotatable bonds is 6. The summed E-state index contributed by atoms with van der Waals surface area (Å²) >= 11 is 0. The molecule has 0 saturated heterocycles. The molecule has 180 valence electrons. The van der Waals surface area contributed by atoms with Crippen molar-refractivity contribution in [2.45, 2.75) is 31.9 Å². The fourth-order valence-corrected chi connectivity index (χ4v) is 3.73. The summed E-state index contributed by atoms with van der Waals surface area (Å²) in [6.45, 7) is 2.98. The molecule has 0 spiro atoms. The maximum atomic E-state index is 13.1. The number of pyridine rings is 2. The van der Waals surface area contributed by atoms with Crippen molar-refractivity contribution in [3.05, 3.63) is 90.4 Å². The number of fused-ring (bicyclic) bond motifs is 1. The zero-order valence-corrected chi connectivity index (χ0v) is 18.9. The minimum Gasteiger partial charge on any atom is -0.406 e. The molecule has 2 N–H and O–H groups in total. The Hall–Kier alpha value is -3.98. The van der Waals surface area contributed by atoms with Gasteiger partial charge in [0.15, 0.2) is 0 Å². The van der Waals surface area contributed by atoms with Crippen molar-refractivity contribution in [2.24, 2.45) is 0 Å². The highest BCUT2D eigenvalue weighted by Gasteiger charge is 2.33. The summed E-state index contributed by atoms with van der Waals surface area (Å²) in [6.07, 6.45) is -1.49. The van der Waals surface area contributed by atoms with Gasteiger partial charge in [-0.2, -0.15) is 0 Å². The minimum atomic E-state index is -4.82. The number of ether oxygens (including phenoxy) is 1. The second-order valence-corrected chi connectivity index (χ2v) is 8.50. The van der Waals surface area contributed by atoms with Gasteiger partial charge in [0.25, 0.3) is 5.91 Å². The molecule has 1 atom stereocenters. The Morgan fingerprint density at radius 1 is 0.971 bits per heavy atom. The van der Waals surface area contributed by atoms with E-state index in [4.69, 9.17) is 0 Å². The molecule has 0 aliphatic carbocycles. The Morgan fingerprint density at radius 2 is 1.66 bits per heavy atom. The SMILES string of the molecule is CC(C)(O)[C@@H](NC(=O)c1ccc2cncc(-c3ccccc3)c2n1)c1ccc(OC(F)(F)F)cc1. The molecular weight excluding hydrogens is 459 g/mol. The first-order valence-electron chi connectivity index (χ1n) is 10.7. The third kappa shape index (κ3) is 5.75. The number of amides is 1. The number of hydrogen-bond donors (Lipinski definition) is 2. The first-order valence-corrected chi connectivity index (χ1v) is 10.7. The molecule has 0 aliphatic rings. The highest BCUT2D eigenvalue weighted by molar-refractivity contribution is 5.98. The molecule has 4 aromatic rings. The quantitative estimate of drug-likeness (QED) is 0.383. The number of aromatic nitrogens is 2. The lowest BCUT2D eigenvalue weighted by Crippen LogP contribution is -2.42. The maximum Gasteiger partial charge on any atom is 0.573 e. The highest BCUT2D eigenvalue weighted by Crippen LogP contribution is 2.30. The van der Waals surface area contributed by atoms with Crippen LogP contribution in [0.1, 0.15) is 35.9 Å². The van der Waals surface area contributed by atoms with E-state index in [1.807, 2.05) is 30.3 Å². The maximum absolute atomic E-state index is 13.1. The molecule has 0 unspecified atom stereocenters. The lowest BCUT2D eigenvalue weighted by atomic mass is 9.91. The van der Waals surface area contributed by atoms with Gasteiger partial charge in [-0.25, -0.2) is 4.98 Å². The van der Waals surface area contributed by atoms with Crippen LogP contribution in [0.25, 0.3) is 22.0 Å². The van der Waals surface area contributed by atoms with Crippen molar-refractivity contribution in [2.75, 3.05) is 0 Å². The number of carbonyl (C=O) groups is 1. The molecule has 6 nitrogen and oxygen atoms in total. The molecule has 0 radical (unpaired) electrons. The zero-order chi connectivity index (χ0) is 25.2. The fraction of sp³-hybridized carbons (Fsp3) is 0.192.